The van der Waals surface area contributed by atoms with Crippen LogP contribution in [0, 0.1) is 0 Å². The van der Waals surface area contributed by atoms with E-state index in [1.807, 2.05) is 24.3 Å². The van der Waals surface area contributed by atoms with Crippen LogP contribution in [0.5, 0.6) is 0 Å². The fraction of sp³-hybridized carbons (Fsp3) is 0.312. The van der Waals surface area contributed by atoms with Gasteiger partial charge in [-0.15, -0.1) is 0 Å². The Morgan fingerprint density at radius 1 is 1.24 bits per heavy atom. The van der Waals surface area contributed by atoms with Crippen LogP contribution in [0.15, 0.2) is 47.4 Å². The highest BCUT2D eigenvalue weighted by Gasteiger charge is 2.27. The number of carbonyl (C=O) groups is 1. The standard InChI is InChI=1S/C16H17N3O2/c1-12(19-15(20)9-4-10-17-19)16(21)18-11-5-7-13-6-2-3-8-14(13)18/h2-4,6,8-10,12H,5,7,11H2,1H3. The van der Waals surface area contributed by atoms with Crippen LogP contribution >= 0.6 is 0 Å². The van der Waals surface area contributed by atoms with Gasteiger partial charge in [0.15, 0.2) is 0 Å². The lowest BCUT2D eigenvalue weighted by molar-refractivity contribution is -0.121. The normalized spacial score (nSPS) is 15.4. The van der Waals surface area contributed by atoms with Crippen molar-refractivity contribution in [3.63, 3.8) is 0 Å². The number of nitrogens with zero attached hydrogens (tertiary/aromatic N) is 3. The van der Waals surface area contributed by atoms with Crippen LogP contribution in [0.25, 0.3) is 0 Å². The fourth-order valence-electron chi connectivity index (χ4n) is 2.75. The molecule has 21 heavy (non-hydrogen) atoms. The second-order valence-corrected chi connectivity index (χ2v) is 5.20. The van der Waals surface area contributed by atoms with Gasteiger partial charge in [-0.1, -0.05) is 18.2 Å². The van der Waals surface area contributed by atoms with Gasteiger partial charge in [-0.05, 0) is 37.5 Å². The molecule has 2 aromatic rings. The average molecular weight is 283 g/mol. The van der Waals surface area contributed by atoms with Crippen LogP contribution < -0.4 is 10.5 Å². The van der Waals surface area contributed by atoms with Crippen LogP contribution in [-0.2, 0) is 11.2 Å². The molecule has 0 aliphatic carbocycles. The Morgan fingerprint density at radius 2 is 2.05 bits per heavy atom. The first-order valence-electron chi connectivity index (χ1n) is 7.11. The predicted molar refractivity (Wildman–Crippen MR) is 80.3 cm³/mol. The van der Waals surface area contributed by atoms with Crippen LogP contribution in [0.4, 0.5) is 5.69 Å². The fourth-order valence-corrected chi connectivity index (χ4v) is 2.75. The van der Waals surface area contributed by atoms with Crippen LogP contribution in [-0.4, -0.2) is 22.2 Å². The molecule has 108 valence electrons. The molecule has 2 heterocycles. The molecule has 1 aromatic carbocycles. The summed E-state index contributed by atoms with van der Waals surface area (Å²) in [5.74, 6) is -0.0945. The molecule has 0 saturated heterocycles. The maximum atomic E-state index is 12.7. The first kappa shape index (κ1) is 13.5. The highest BCUT2D eigenvalue weighted by Crippen LogP contribution is 2.28. The first-order chi connectivity index (χ1) is 10.2. The summed E-state index contributed by atoms with van der Waals surface area (Å²) < 4.78 is 1.24. The van der Waals surface area contributed by atoms with Gasteiger partial charge in [0.2, 0.25) is 0 Å². The summed E-state index contributed by atoms with van der Waals surface area (Å²) in [5, 5.41) is 4.01. The lowest BCUT2D eigenvalue weighted by Gasteiger charge is -2.31. The molecule has 1 aliphatic rings. The van der Waals surface area contributed by atoms with E-state index in [1.54, 1.807) is 17.9 Å². The van der Waals surface area contributed by atoms with E-state index in [0.717, 1.165) is 18.5 Å². The molecule has 5 nitrogen and oxygen atoms in total. The van der Waals surface area contributed by atoms with Crippen LogP contribution in [0.1, 0.15) is 24.9 Å². The lowest BCUT2D eigenvalue weighted by atomic mass is 10.0. The Morgan fingerprint density at radius 3 is 2.86 bits per heavy atom. The van der Waals surface area contributed by atoms with Gasteiger partial charge < -0.3 is 4.90 Å². The third kappa shape index (κ3) is 2.46. The van der Waals surface area contributed by atoms with Gasteiger partial charge in [0.1, 0.15) is 6.04 Å². The number of amides is 1. The SMILES string of the molecule is CC(C(=O)N1CCCc2ccccc21)n1ncccc1=O. The quantitative estimate of drug-likeness (QED) is 0.844. The monoisotopic (exact) mass is 283 g/mol. The zero-order chi connectivity index (χ0) is 14.8. The molecular weight excluding hydrogens is 266 g/mol. The first-order valence-corrected chi connectivity index (χ1v) is 7.11. The molecule has 1 atom stereocenters. The van der Waals surface area contributed by atoms with E-state index in [0.29, 0.717) is 6.54 Å². The van der Waals surface area contributed by atoms with Crippen molar-refractivity contribution in [3.8, 4) is 0 Å². The molecule has 1 aromatic heterocycles. The molecule has 1 unspecified atom stereocenters. The Kier molecular flexibility index (Phi) is 3.56. The van der Waals surface area contributed by atoms with Gasteiger partial charge in [-0.3, -0.25) is 9.59 Å². The molecule has 3 rings (SSSR count). The minimum absolute atomic E-state index is 0.0945. The van der Waals surface area contributed by atoms with Gasteiger partial charge in [0.05, 0.1) is 0 Å². The van der Waals surface area contributed by atoms with E-state index >= 15 is 0 Å². The lowest BCUT2D eigenvalue weighted by Crippen LogP contribution is -2.42. The topological polar surface area (TPSA) is 55.2 Å². The van der Waals surface area contributed by atoms with Crippen molar-refractivity contribution in [2.45, 2.75) is 25.8 Å². The van der Waals surface area contributed by atoms with E-state index in [2.05, 4.69) is 5.10 Å². The average Bonchev–Trinajstić information content (AvgIpc) is 2.53. The minimum atomic E-state index is -0.607. The van der Waals surface area contributed by atoms with E-state index in [9.17, 15) is 9.59 Å². The number of para-hydroxylation sites is 1. The van der Waals surface area contributed by atoms with E-state index < -0.39 is 6.04 Å². The summed E-state index contributed by atoms with van der Waals surface area (Å²) in [4.78, 5) is 26.3. The summed E-state index contributed by atoms with van der Waals surface area (Å²) in [5.41, 5.74) is 1.87. The molecule has 0 saturated carbocycles. The largest absolute Gasteiger partial charge is 0.310 e. The number of hydrogen-bond acceptors (Lipinski definition) is 3. The van der Waals surface area contributed by atoms with Crippen molar-refractivity contribution in [2.75, 3.05) is 11.4 Å². The van der Waals surface area contributed by atoms with E-state index in [1.165, 1.54) is 22.5 Å². The predicted octanol–water partition coefficient (Wildman–Crippen LogP) is 1.78. The number of aryl methyl sites for hydroxylation is 1. The molecule has 0 radical (unpaired) electrons. The summed E-state index contributed by atoms with van der Waals surface area (Å²) in [6.45, 7) is 2.40. The number of aromatic nitrogens is 2. The summed E-state index contributed by atoms with van der Waals surface area (Å²) in [6.07, 6.45) is 3.44. The Hall–Kier alpha value is -2.43. The molecule has 0 fully saturated rings. The summed E-state index contributed by atoms with van der Waals surface area (Å²) in [7, 11) is 0. The van der Waals surface area contributed by atoms with E-state index in [-0.39, 0.29) is 11.5 Å². The van der Waals surface area contributed by atoms with Gasteiger partial charge in [0, 0.05) is 24.5 Å². The molecule has 1 aliphatic heterocycles. The zero-order valence-corrected chi connectivity index (χ0v) is 11.9. The number of benzene rings is 1. The zero-order valence-electron chi connectivity index (χ0n) is 11.9. The molecule has 0 bridgehead atoms. The van der Waals surface area contributed by atoms with Crippen molar-refractivity contribution in [3.05, 3.63) is 58.5 Å². The number of carbonyl (C=O) groups excluding carboxylic acids is 1. The number of fused-ring (bicyclic) bond motifs is 1. The molecule has 1 amide bonds. The Balaban J connectivity index is 1.93. The van der Waals surface area contributed by atoms with Gasteiger partial charge in [0.25, 0.3) is 11.5 Å². The van der Waals surface area contributed by atoms with Crippen molar-refractivity contribution in [1.82, 2.24) is 9.78 Å². The van der Waals surface area contributed by atoms with Gasteiger partial charge in [-0.2, -0.15) is 5.10 Å². The van der Waals surface area contributed by atoms with Crippen LogP contribution in [0.2, 0.25) is 0 Å². The van der Waals surface area contributed by atoms with Crippen molar-refractivity contribution in [1.29, 1.82) is 0 Å². The minimum Gasteiger partial charge on any atom is -0.310 e. The second kappa shape index (κ2) is 5.52. The Labute approximate surface area is 122 Å². The van der Waals surface area contributed by atoms with Gasteiger partial charge >= 0.3 is 0 Å². The maximum absolute atomic E-state index is 12.7. The van der Waals surface area contributed by atoms with Crippen molar-refractivity contribution in [2.24, 2.45) is 0 Å². The highest BCUT2D eigenvalue weighted by atomic mass is 16.2. The maximum Gasteiger partial charge on any atom is 0.267 e. The second-order valence-electron chi connectivity index (χ2n) is 5.20. The number of hydrogen-bond donors (Lipinski definition) is 0. The molecule has 0 spiro atoms. The molecule has 5 heteroatoms. The summed E-state index contributed by atoms with van der Waals surface area (Å²) >= 11 is 0. The number of rotatable bonds is 2. The Bertz CT molecular complexity index is 723. The molecule has 0 N–H and O–H groups in total. The van der Waals surface area contributed by atoms with Crippen LogP contribution in [0.3, 0.4) is 0 Å². The van der Waals surface area contributed by atoms with Crippen molar-refractivity contribution >= 4 is 11.6 Å². The third-order valence-corrected chi connectivity index (χ3v) is 3.84. The van der Waals surface area contributed by atoms with E-state index in [4.69, 9.17) is 0 Å². The third-order valence-electron chi connectivity index (χ3n) is 3.84. The van der Waals surface area contributed by atoms with Crippen molar-refractivity contribution < 1.29 is 4.79 Å². The smallest absolute Gasteiger partial charge is 0.267 e. The summed E-state index contributed by atoms with van der Waals surface area (Å²) in [6, 6.07) is 10.3. The number of anilines is 1. The highest BCUT2D eigenvalue weighted by molar-refractivity contribution is 5.96. The van der Waals surface area contributed by atoms with Gasteiger partial charge in [-0.25, -0.2) is 4.68 Å². The molecular formula is C16H17N3O2.